The fourth-order valence-corrected chi connectivity index (χ4v) is 4.81. The summed E-state index contributed by atoms with van der Waals surface area (Å²) >= 11 is 0. The van der Waals surface area contributed by atoms with E-state index < -0.39 is 17.5 Å². The van der Waals surface area contributed by atoms with Crippen LogP contribution in [-0.4, -0.2) is 38.8 Å². The minimum Gasteiger partial charge on any atom is -0.550 e. The third-order valence-corrected chi connectivity index (χ3v) is 6.74. The predicted octanol–water partition coefficient (Wildman–Crippen LogP) is 2.96. The molecule has 1 aliphatic carbocycles. The molecule has 34 heavy (non-hydrogen) atoms. The third kappa shape index (κ3) is 7.85. The van der Waals surface area contributed by atoms with Gasteiger partial charge >= 0.3 is 0 Å². The van der Waals surface area contributed by atoms with Gasteiger partial charge in [-0.15, -0.1) is 0 Å². The SMILES string of the molecule is CC(C)Cc1ccc([C@H](C)C(=O)[O-])cc1.COc1cccc([C@]2(O)CCCC[C@H]2C[NH+](C)C)c1. The van der Waals surface area contributed by atoms with E-state index in [1.54, 1.807) is 14.0 Å². The van der Waals surface area contributed by atoms with Gasteiger partial charge in [0.25, 0.3) is 0 Å². The zero-order chi connectivity index (χ0) is 25.3. The number of nitrogens with one attached hydrogen (secondary N) is 1. The lowest BCUT2D eigenvalue weighted by atomic mass is 9.71. The summed E-state index contributed by atoms with van der Waals surface area (Å²) in [5, 5.41) is 21.9. The van der Waals surface area contributed by atoms with Crippen LogP contribution in [-0.2, 0) is 16.8 Å². The smallest absolute Gasteiger partial charge is 0.119 e. The van der Waals surface area contributed by atoms with Crippen LogP contribution in [0.2, 0.25) is 0 Å². The number of benzene rings is 2. The van der Waals surface area contributed by atoms with Crippen LogP contribution >= 0.6 is 0 Å². The first-order valence-corrected chi connectivity index (χ1v) is 12.5. The van der Waals surface area contributed by atoms with Crippen LogP contribution in [0.25, 0.3) is 0 Å². The van der Waals surface area contributed by atoms with E-state index in [9.17, 15) is 15.0 Å². The number of rotatable bonds is 8. The molecule has 3 atom stereocenters. The molecular weight excluding hydrogens is 426 g/mol. The number of carbonyl (C=O) groups is 1. The highest BCUT2D eigenvalue weighted by Crippen LogP contribution is 2.41. The van der Waals surface area contributed by atoms with Crippen molar-refractivity contribution in [3.05, 3.63) is 65.2 Å². The summed E-state index contributed by atoms with van der Waals surface area (Å²) in [5.74, 6) is 0.227. The molecule has 0 heterocycles. The van der Waals surface area contributed by atoms with Gasteiger partial charge in [-0.1, -0.05) is 70.0 Å². The Morgan fingerprint density at radius 2 is 1.82 bits per heavy atom. The summed E-state index contributed by atoms with van der Waals surface area (Å²) in [7, 11) is 5.98. The highest BCUT2D eigenvalue weighted by molar-refractivity contribution is 5.73. The molecular formula is C29H43NO4. The Bertz CT molecular complexity index is 893. The summed E-state index contributed by atoms with van der Waals surface area (Å²) < 4.78 is 5.29. The van der Waals surface area contributed by atoms with Gasteiger partial charge in [0, 0.05) is 17.8 Å². The maximum atomic E-state index is 11.2. The summed E-state index contributed by atoms with van der Waals surface area (Å²) in [6.07, 6.45) is 5.33. The van der Waals surface area contributed by atoms with Crippen LogP contribution in [0.5, 0.6) is 5.75 Å². The van der Waals surface area contributed by atoms with Gasteiger partial charge in [-0.3, -0.25) is 0 Å². The van der Waals surface area contributed by atoms with E-state index in [0.29, 0.717) is 11.8 Å². The van der Waals surface area contributed by atoms with E-state index in [0.717, 1.165) is 49.1 Å². The van der Waals surface area contributed by atoms with Gasteiger partial charge in [-0.25, -0.2) is 0 Å². The Balaban J connectivity index is 0.000000248. The fourth-order valence-electron chi connectivity index (χ4n) is 4.81. The zero-order valence-electron chi connectivity index (χ0n) is 21.8. The second-order valence-electron chi connectivity index (χ2n) is 10.4. The number of carbonyl (C=O) groups excluding carboxylic acids is 1. The van der Waals surface area contributed by atoms with Crippen LogP contribution in [0.4, 0.5) is 0 Å². The van der Waals surface area contributed by atoms with Gasteiger partial charge in [0.2, 0.25) is 0 Å². The maximum Gasteiger partial charge on any atom is 0.119 e. The van der Waals surface area contributed by atoms with E-state index >= 15 is 0 Å². The molecule has 5 heteroatoms. The number of carboxylic acids is 1. The normalized spacial score (nSPS) is 21.0. The standard InChI is InChI=1S/C16H25NO2.C13H18O2/c1-17(2)12-14-7-4-5-10-16(14,18)13-8-6-9-15(11-13)19-3;1-9(2)8-11-4-6-12(7-5-11)10(3)13(14)15/h6,8-9,11,14,18H,4-5,7,10,12H2,1-3H3;4-7,9-10H,8H2,1-3H3,(H,14,15)/t14-,16+;10-/m00/s1. The summed E-state index contributed by atoms with van der Waals surface area (Å²) in [4.78, 5) is 12.0. The van der Waals surface area contributed by atoms with Gasteiger partial charge in [0.1, 0.15) is 5.75 Å². The van der Waals surface area contributed by atoms with Crippen LogP contribution in [0.1, 0.15) is 69.1 Å². The van der Waals surface area contributed by atoms with Crippen molar-refractivity contribution >= 4 is 5.97 Å². The highest BCUT2D eigenvalue weighted by atomic mass is 16.5. The van der Waals surface area contributed by atoms with Crippen molar-refractivity contribution in [2.45, 2.75) is 64.4 Å². The molecule has 0 amide bonds. The Morgan fingerprint density at radius 3 is 2.38 bits per heavy atom. The molecule has 1 fully saturated rings. The molecule has 0 aliphatic heterocycles. The molecule has 0 radical (unpaired) electrons. The molecule has 5 nitrogen and oxygen atoms in total. The molecule has 0 bridgehead atoms. The van der Waals surface area contributed by atoms with Crippen molar-refractivity contribution in [2.24, 2.45) is 11.8 Å². The van der Waals surface area contributed by atoms with Gasteiger partial charge in [0.05, 0.1) is 33.4 Å². The second kappa shape index (κ2) is 12.9. The van der Waals surface area contributed by atoms with E-state index in [1.807, 2.05) is 48.5 Å². The second-order valence-corrected chi connectivity index (χ2v) is 10.4. The van der Waals surface area contributed by atoms with Crippen molar-refractivity contribution in [1.82, 2.24) is 0 Å². The van der Waals surface area contributed by atoms with E-state index in [-0.39, 0.29) is 0 Å². The average molecular weight is 470 g/mol. The first-order chi connectivity index (χ1) is 16.1. The van der Waals surface area contributed by atoms with Gasteiger partial charge in [-0.05, 0) is 54.0 Å². The van der Waals surface area contributed by atoms with Gasteiger partial charge < -0.3 is 24.6 Å². The van der Waals surface area contributed by atoms with Crippen LogP contribution < -0.4 is 14.7 Å². The summed E-state index contributed by atoms with van der Waals surface area (Å²) in [6, 6.07) is 15.7. The summed E-state index contributed by atoms with van der Waals surface area (Å²) in [6.45, 7) is 6.98. The molecule has 0 spiro atoms. The monoisotopic (exact) mass is 469 g/mol. The van der Waals surface area contributed by atoms with Crippen molar-refractivity contribution in [2.75, 3.05) is 27.7 Å². The molecule has 2 aromatic rings. The van der Waals surface area contributed by atoms with E-state index in [4.69, 9.17) is 4.74 Å². The molecule has 1 saturated carbocycles. The van der Waals surface area contributed by atoms with Crippen LogP contribution in [0.3, 0.4) is 0 Å². The highest BCUT2D eigenvalue weighted by Gasteiger charge is 2.41. The molecule has 0 unspecified atom stereocenters. The number of hydrogen-bond donors (Lipinski definition) is 2. The molecule has 2 aromatic carbocycles. The largest absolute Gasteiger partial charge is 0.550 e. The minimum atomic E-state index is -1.02. The third-order valence-electron chi connectivity index (χ3n) is 6.74. The number of hydrogen-bond acceptors (Lipinski definition) is 4. The number of methoxy groups -OCH3 is 1. The van der Waals surface area contributed by atoms with Crippen LogP contribution in [0, 0.1) is 11.8 Å². The Labute approximate surface area is 205 Å². The maximum absolute atomic E-state index is 11.2. The van der Waals surface area contributed by atoms with Crippen molar-refractivity contribution in [1.29, 1.82) is 0 Å². The number of carboxylic acid groups (broad SMARTS) is 1. The lowest BCUT2D eigenvalue weighted by molar-refractivity contribution is -0.863. The number of ether oxygens (including phenoxy) is 1. The summed E-state index contributed by atoms with van der Waals surface area (Å²) in [5.41, 5.74) is 2.38. The van der Waals surface area contributed by atoms with Crippen molar-refractivity contribution in [3.63, 3.8) is 0 Å². The molecule has 0 saturated heterocycles. The van der Waals surface area contributed by atoms with E-state index in [1.165, 1.54) is 16.9 Å². The van der Waals surface area contributed by atoms with E-state index in [2.05, 4.69) is 27.9 Å². The van der Waals surface area contributed by atoms with Crippen LogP contribution in [0.15, 0.2) is 48.5 Å². The Hall–Kier alpha value is -2.37. The van der Waals surface area contributed by atoms with Gasteiger partial charge in [-0.2, -0.15) is 0 Å². The first kappa shape index (κ1) is 27.9. The molecule has 3 rings (SSSR count). The zero-order valence-corrected chi connectivity index (χ0v) is 21.8. The Morgan fingerprint density at radius 1 is 1.15 bits per heavy atom. The fraction of sp³-hybridized carbons (Fsp3) is 0.552. The lowest BCUT2D eigenvalue weighted by Crippen LogP contribution is -3.06. The lowest BCUT2D eigenvalue weighted by Gasteiger charge is -2.40. The quantitative estimate of drug-likeness (QED) is 0.623. The number of quaternary nitrogens is 1. The molecule has 0 aromatic heterocycles. The predicted molar refractivity (Wildman–Crippen MR) is 135 cm³/mol. The van der Waals surface area contributed by atoms with Crippen molar-refractivity contribution in [3.8, 4) is 5.75 Å². The Kier molecular flexibility index (Phi) is 10.6. The molecule has 188 valence electrons. The van der Waals surface area contributed by atoms with Gasteiger partial charge in [0.15, 0.2) is 0 Å². The number of aliphatic carboxylic acids is 1. The minimum absolute atomic E-state index is 0.332. The molecule has 2 N–H and O–H groups in total. The number of aliphatic hydroxyl groups is 1. The average Bonchev–Trinajstić information content (AvgIpc) is 2.80. The molecule has 1 aliphatic rings. The first-order valence-electron chi connectivity index (χ1n) is 12.5. The topological polar surface area (TPSA) is 74.0 Å². The van der Waals surface area contributed by atoms with Crippen molar-refractivity contribution < 1.29 is 24.6 Å².